The zero-order valence-electron chi connectivity index (χ0n) is 14.3. The lowest BCUT2D eigenvalue weighted by molar-refractivity contribution is -0.136. The quantitative estimate of drug-likeness (QED) is 0.764. The average molecular weight is 312 g/mol. The predicted molar refractivity (Wildman–Crippen MR) is 87.7 cm³/mol. The van der Waals surface area contributed by atoms with Gasteiger partial charge < -0.3 is 15.4 Å². The van der Waals surface area contributed by atoms with Gasteiger partial charge in [0, 0.05) is 64.3 Å². The van der Waals surface area contributed by atoms with Gasteiger partial charge in [-0.05, 0) is 13.8 Å². The van der Waals surface area contributed by atoms with Crippen LogP contribution in [0.5, 0.6) is 0 Å². The summed E-state index contributed by atoms with van der Waals surface area (Å²) >= 11 is 0. The molecule has 0 bridgehead atoms. The molecular weight excluding hydrogens is 280 g/mol. The second kappa shape index (κ2) is 8.24. The maximum Gasteiger partial charge on any atom is 0.226 e. The van der Waals surface area contributed by atoms with Gasteiger partial charge in [0.15, 0.2) is 0 Å². The first kappa shape index (κ1) is 17.7. The van der Waals surface area contributed by atoms with E-state index in [1.165, 1.54) is 0 Å². The molecule has 2 rings (SSSR count). The Morgan fingerprint density at radius 3 is 2.45 bits per heavy atom. The molecule has 22 heavy (non-hydrogen) atoms. The highest BCUT2D eigenvalue weighted by Crippen LogP contribution is 2.12. The lowest BCUT2D eigenvalue weighted by Crippen LogP contribution is -2.55. The number of ether oxygens (including phenoxy) is 1. The van der Waals surface area contributed by atoms with Crippen LogP contribution in [0.15, 0.2) is 0 Å². The van der Waals surface area contributed by atoms with Gasteiger partial charge in [-0.2, -0.15) is 0 Å². The van der Waals surface area contributed by atoms with Crippen molar-refractivity contribution in [1.29, 1.82) is 0 Å². The van der Waals surface area contributed by atoms with Crippen molar-refractivity contribution in [2.24, 2.45) is 11.7 Å². The molecule has 0 aliphatic carbocycles. The Morgan fingerprint density at radius 2 is 1.86 bits per heavy atom. The van der Waals surface area contributed by atoms with Crippen LogP contribution in [0, 0.1) is 5.92 Å². The normalized spacial score (nSPS) is 26.4. The predicted octanol–water partition coefficient (Wildman–Crippen LogP) is -0.165. The van der Waals surface area contributed by atoms with Crippen molar-refractivity contribution in [2.75, 3.05) is 59.0 Å². The van der Waals surface area contributed by atoms with Crippen LogP contribution < -0.4 is 5.73 Å². The van der Waals surface area contributed by atoms with E-state index in [0.717, 1.165) is 52.4 Å². The number of hydrogen-bond acceptors (Lipinski definition) is 5. The Hall–Kier alpha value is -0.690. The van der Waals surface area contributed by atoms with Crippen LogP contribution in [0.25, 0.3) is 0 Å². The van der Waals surface area contributed by atoms with E-state index in [1.807, 2.05) is 11.8 Å². The molecule has 0 aromatic rings. The zero-order chi connectivity index (χ0) is 16.1. The molecule has 2 heterocycles. The Morgan fingerprint density at radius 1 is 1.18 bits per heavy atom. The van der Waals surface area contributed by atoms with Gasteiger partial charge in [-0.1, -0.05) is 6.92 Å². The summed E-state index contributed by atoms with van der Waals surface area (Å²) in [5.74, 6) is 0.134. The van der Waals surface area contributed by atoms with E-state index >= 15 is 0 Å². The number of amides is 1. The van der Waals surface area contributed by atoms with Gasteiger partial charge >= 0.3 is 0 Å². The van der Waals surface area contributed by atoms with E-state index in [1.54, 1.807) is 0 Å². The van der Waals surface area contributed by atoms with E-state index in [9.17, 15) is 4.79 Å². The molecule has 0 spiro atoms. The van der Waals surface area contributed by atoms with Crippen molar-refractivity contribution >= 4 is 5.91 Å². The smallest absolute Gasteiger partial charge is 0.226 e. The molecule has 0 radical (unpaired) electrons. The Balaban J connectivity index is 1.74. The minimum Gasteiger partial charge on any atom is -0.374 e. The maximum absolute atomic E-state index is 12.1. The highest BCUT2D eigenvalue weighted by molar-refractivity contribution is 5.78. The van der Waals surface area contributed by atoms with Crippen molar-refractivity contribution < 1.29 is 9.53 Å². The molecule has 6 heteroatoms. The number of piperazine rings is 1. The van der Waals surface area contributed by atoms with E-state index in [4.69, 9.17) is 10.5 Å². The van der Waals surface area contributed by atoms with E-state index in [-0.39, 0.29) is 11.8 Å². The standard InChI is InChI=1S/C16H32N4O2/c1-13(2)20-8-9-22-15(12-20)11-18-4-6-19(7-5-18)16(21)14(3)10-17/h13-15H,4-12,17H2,1-3H3. The van der Waals surface area contributed by atoms with Gasteiger partial charge in [-0.3, -0.25) is 14.6 Å². The third-order valence-electron chi connectivity index (χ3n) is 4.82. The molecule has 128 valence electrons. The summed E-state index contributed by atoms with van der Waals surface area (Å²) in [6, 6.07) is 0.582. The Kier molecular flexibility index (Phi) is 6.62. The topological polar surface area (TPSA) is 62.0 Å². The molecule has 6 nitrogen and oxygen atoms in total. The van der Waals surface area contributed by atoms with E-state index in [0.29, 0.717) is 18.7 Å². The van der Waals surface area contributed by atoms with Crippen molar-refractivity contribution in [3.05, 3.63) is 0 Å². The fourth-order valence-electron chi connectivity index (χ4n) is 3.17. The van der Waals surface area contributed by atoms with Gasteiger partial charge in [-0.15, -0.1) is 0 Å². The van der Waals surface area contributed by atoms with Crippen LogP contribution in [0.2, 0.25) is 0 Å². The van der Waals surface area contributed by atoms with Crippen LogP contribution in [0.3, 0.4) is 0 Å². The summed E-state index contributed by atoms with van der Waals surface area (Å²) in [5, 5.41) is 0. The SMILES string of the molecule is CC(CN)C(=O)N1CCN(CC2CN(C(C)C)CCO2)CC1. The van der Waals surface area contributed by atoms with Crippen LogP contribution in [-0.2, 0) is 9.53 Å². The summed E-state index contributed by atoms with van der Waals surface area (Å²) in [4.78, 5) is 19.0. The molecule has 2 aliphatic heterocycles. The van der Waals surface area contributed by atoms with Gasteiger partial charge in [-0.25, -0.2) is 0 Å². The third kappa shape index (κ3) is 4.65. The number of nitrogens with zero attached hydrogens (tertiary/aromatic N) is 3. The molecule has 2 aliphatic rings. The molecular formula is C16H32N4O2. The van der Waals surface area contributed by atoms with Gasteiger partial charge in [0.2, 0.25) is 5.91 Å². The molecule has 0 aromatic carbocycles. The Labute approximate surface area is 134 Å². The summed E-state index contributed by atoms with van der Waals surface area (Å²) in [7, 11) is 0. The monoisotopic (exact) mass is 312 g/mol. The minimum absolute atomic E-state index is 0.0622. The summed E-state index contributed by atoms with van der Waals surface area (Å²) < 4.78 is 5.91. The fourth-order valence-corrected chi connectivity index (χ4v) is 3.17. The summed E-state index contributed by atoms with van der Waals surface area (Å²) in [5.41, 5.74) is 5.59. The van der Waals surface area contributed by atoms with Gasteiger partial charge in [0.05, 0.1) is 12.7 Å². The van der Waals surface area contributed by atoms with Crippen molar-refractivity contribution in [2.45, 2.75) is 32.9 Å². The first-order chi connectivity index (χ1) is 10.5. The van der Waals surface area contributed by atoms with Crippen LogP contribution in [0.1, 0.15) is 20.8 Å². The lowest BCUT2D eigenvalue weighted by Gasteiger charge is -2.40. The highest BCUT2D eigenvalue weighted by atomic mass is 16.5. The first-order valence-corrected chi connectivity index (χ1v) is 8.58. The molecule has 2 N–H and O–H groups in total. The molecule has 0 aromatic heterocycles. The van der Waals surface area contributed by atoms with Crippen LogP contribution in [-0.4, -0.2) is 91.7 Å². The van der Waals surface area contributed by atoms with Gasteiger partial charge in [0.25, 0.3) is 0 Å². The van der Waals surface area contributed by atoms with Gasteiger partial charge in [0.1, 0.15) is 0 Å². The first-order valence-electron chi connectivity index (χ1n) is 8.58. The number of carbonyl (C=O) groups excluding carboxylic acids is 1. The van der Waals surface area contributed by atoms with E-state index < -0.39 is 0 Å². The van der Waals surface area contributed by atoms with Crippen molar-refractivity contribution in [3.8, 4) is 0 Å². The highest BCUT2D eigenvalue weighted by Gasteiger charge is 2.28. The summed E-state index contributed by atoms with van der Waals surface area (Å²) in [6.45, 7) is 14.2. The second-order valence-corrected chi connectivity index (χ2v) is 6.84. The molecule has 2 fully saturated rings. The average Bonchev–Trinajstić information content (AvgIpc) is 2.54. The number of morpholine rings is 1. The lowest BCUT2D eigenvalue weighted by atomic mass is 10.1. The third-order valence-corrected chi connectivity index (χ3v) is 4.82. The molecule has 0 saturated carbocycles. The van der Waals surface area contributed by atoms with Crippen molar-refractivity contribution in [1.82, 2.24) is 14.7 Å². The maximum atomic E-state index is 12.1. The second-order valence-electron chi connectivity index (χ2n) is 6.84. The fraction of sp³-hybridized carbons (Fsp3) is 0.938. The number of carbonyl (C=O) groups is 1. The molecule has 1 amide bonds. The molecule has 2 unspecified atom stereocenters. The summed E-state index contributed by atoms with van der Waals surface area (Å²) in [6.07, 6.45) is 0.293. The Bertz CT molecular complexity index is 356. The number of hydrogen-bond donors (Lipinski definition) is 1. The molecule has 2 atom stereocenters. The van der Waals surface area contributed by atoms with Crippen LogP contribution >= 0.6 is 0 Å². The zero-order valence-corrected chi connectivity index (χ0v) is 14.3. The van der Waals surface area contributed by atoms with Crippen molar-refractivity contribution in [3.63, 3.8) is 0 Å². The number of nitrogens with two attached hydrogens (primary N) is 1. The number of rotatable bonds is 5. The van der Waals surface area contributed by atoms with E-state index in [2.05, 4.69) is 23.6 Å². The molecule has 2 saturated heterocycles. The minimum atomic E-state index is -0.0622. The van der Waals surface area contributed by atoms with Crippen LogP contribution in [0.4, 0.5) is 0 Å². The largest absolute Gasteiger partial charge is 0.374 e.